The van der Waals surface area contributed by atoms with Crippen molar-refractivity contribution < 1.29 is 42.9 Å². The van der Waals surface area contributed by atoms with E-state index in [2.05, 4.69) is 105 Å². The highest BCUT2D eigenvalue weighted by Crippen LogP contribution is 2.12. The fourth-order valence-electron chi connectivity index (χ4n) is 5.54. The number of carbonyl (C=O) groups is 3. The molecule has 0 heterocycles. The second-order valence-corrected chi connectivity index (χ2v) is 15.9. The van der Waals surface area contributed by atoms with Gasteiger partial charge in [-0.2, -0.15) is 0 Å². The van der Waals surface area contributed by atoms with Crippen molar-refractivity contribution in [2.24, 2.45) is 0 Å². The van der Waals surface area contributed by atoms with E-state index in [1.807, 2.05) is 33.3 Å². The van der Waals surface area contributed by atoms with Gasteiger partial charge in [-0.3, -0.25) is 9.59 Å². The lowest BCUT2D eigenvalue weighted by Crippen LogP contribution is -2.44. The number of ether oxygens (including phenoxy) is 4. The number of hydrogen-bond donors (Lipinski definition) is 0. The summed E-state index contributed by atoms with van der Waals surface area (Å²) >= 11 is 0. The van der Waals surface area contributed by atoms with Crippen LogP contribution in [0.25, 0.3) is 0 Å². The van der Waals surface area contributed by atoms with Crippen molar-refractivity contribution in [3.05, 3.63) is 109 Å². The quantitative estimate of drug-likeness (QED) is 0.0197. The molecule has 0 radical (unpaired) electrons. The third-order valence-corrected chi connectivity index (χ3v) is 9.05. The molecule has 0 aromatic rings. The zero-order valence-electron chi connectivity index (χ0n) is 38.7. The molecule has 0 rings (SSSR count). The highest BCUT2D eigenvalue weighted by molar-refractivity contribution is 5.71. The number of nitrogens with zero attached hydrogens (tertiary/aromatic N) is 1. The topological polar surface area (TPSA) is 111 Å². The Hall–Kier alpha value is -4.05. The predicted molar refractivity (Wildman–Crippen MR) is 250 cm³/mol. The Morgan fingerprint density at radius 2 is 0.934 bits per heavy atom. The van der Waals surface area contributed by atoms with Crippen LogP contribution in [0.1, 0.15) is 142 Å². The Kier molecular flexibility index (Phi) is 39.8. The van der Waals surface area contributed by atoms with Crippen molar-refractivity contribution >= 4 is 17.9 Å². The maximum Gasteiger partial charge on any atom is 0.310 e. The zero-order valence-corrected chi connectivity index (χ0v) is 38.7. The van der Waals surface area contributed by atoms with Crippen LogP contribution >= 0.6 is 0 Å². The molecule has 0 amide bonds. The van der Waals surface area contributed by atoms with Crippen molar-refractivity contribution in [2.45, 2.75) is 155 Å². The first-order valence-corrected chi connectivity index (χ1v) is 23.0. The van der Waals surface area contributed by atoms with Gasteiger partial charge < -0.3 is 33.3 Å². The molecule has 344 valence electrons. The van der Waals surface area contributed by atoms with Gasteiger partial charge in [0.2, 0.25) is 0 Å². The fourth-order valence-corrected chi connectivity index (χ4v) is 5.54. The number of carboxylic acid groups (broad SMARTS) is 1. The van der Waals surface area contributed by atoms with Gasteiger partial charge in [-0.25, -0.2) is 0 Å². The Bertz CT molecular complexity index is 1360. The van der Waals surface area contributed by atoms with Crippen LogP contribution in [0.2, 0.25) is 0 Å². The monoisotopic (exact) mass is 850 g/mol. The van der Waals surface area contributed by atoms with Crippen LogP contribution in [0.5, 0.6) is 0 Å². The second-order valence-electron chi connectivity index (χ2n) is 15.9. The number of aliphatic carboxylic acids is 1. The molecule has 2 unspecified atom stereocenters. The van der Waals surface area contributed by atoms with Gasteiger partial charge in [-0.15, -0.1) is 0 Å². The largest absolute Gasteiger partial charge is 0.545 e. The number of carboxylic acids is 1. The summed E-state index contributed by atoms with van der Waals surface area (Å²) in [5.41, 5.74) is 0. The first-order valence-electron chi connectivity index (χ1n) is 23.0. The fraction of sp³-hybridized carbons (Fsp3) is 0.596. The summed E-state index contributed by atoms with van der Waals surface area (Å²) in [7, 11) is 5.86. The first-order chi connectivity index (χ1) is 29.6. The molecule has 61 heavy (non-hydrogen) atoms. The zero-order chi connectivity index (χ0) is 44.9. The number of hydrogen-bond acceptors (Lipinski definition) is 8. The molecule has 0 saturated heterocycles. The van der Waals surface area contributed by atoms with Crippen molar-refractivity contribution in [3.8, 4) is 0 Å². The van der Waals surface area contributed by atoms with E-state index in [1.54, 1.807) is 6.08 Å². The molecule has 0 saturated carbocycles. The standard InChI is InChI=1S/C52H83NO8/c1-6-8-10-12-14-16-18-20-22-23-24-25-26-27-29-30-32-34-36-38-40-42-49(54)59-46-48(47-60-52(51(56)57)58-45-44-53(3,4)5)61-50(55)43-41-39-37-35-33-31-28-21-19-17-15-13-11-9-7-2/h8-11,14-17,20-22,24-25,28,33,35,39,41,48,52H,6-7,12-13,18-19,23,26-27,29-32,34,36-38,40,42-47H2,1-5H3/b10-8-,11-9-,16-14-,17-15-,22-20-,25-24-,28-21-,35-33-,41-39-. The molecular formula is C52H83NO8. The van der Waals surface area contributed by atoms with E-state index >= 15 is 0 Å². The smallest absolute Gasteiger partial charge is 0.310 e. The lowest BCUT2D eigenvalue weighted by molar-refractivity contribution is -0.870. The molecule has 0 aliphatic heterocycles. The molecule has 0 fully saturated rings. The predicted octanol–water partition coefficient (Wildman–Crippen LogP) is 11.1. The summed E-state index contributed by atoms with van der Waals surface area (Å²) in [5, 5.41) is 11.7. The number of quaternary nitrogens is 1. The number of allylic oxidation sites excluding steroid dienone is 17. The third kappa shape index (κ3) is 43.8. The van der Waals surface area contributed by atoms with Crippen molar-refractivity contribution in [1.29, 1.82) is 0 Å². The van der Waals surface area contributed by atoms with Gasteiger partial charge >= 0.3 is 11.9 Å². The van der Waals surface area contributed by atoms with Crippen LogP contribution < -0.4 is 5.11 Å². The second kappa shape index (κ2) is 42.6. The van der Waals surface area contributed by atoms with Gasteiger partial charge in [0.15, 0.2) is 12.4 Å². The molecule has 0 aromatic heterocycles. The van der Waals surface area contributed by atoms with E-state index in [1.165, 1.54) is 25.7 Å². The maximum absolute atomic E-state index is 12.7. The lowest BCUT2D eigenvalue weighted by Gasteiger charge is -2.26. The summed E-state index contributed by atoms with van der Waals surface area (Å²) < 4.78 is 22.4. The highest BCUT2D eigenvalue weighted by Gasteiger charge is 2.21. The minimum atomic E-state index is -1.65. The minimum Gasteiger partial charge on any atom is -0.545 e. The highest BCUT2D eigenvalue weighted by atomic mass is 16.7. The van der Waals surface area contributed by atoms with Crippen LogP contribution in [0.4, 0.5) is 0 Å². The Morgan fingerprint density at radius 3 is 1.39 bits per heavy atom. The van der Waals surface area contributed by atoms with Gasteiger partial charge in [-0.05, 0) is 77.0 Å². The normalized spacial score (nSPS) is 13.9. The Morgan fingerprint density at radius 1 is 0.508 bits per heavy atom. The van der Waals surface area contributed by atoms with E-state index in [9.17, 15) is 19.5 Å². The van der Waals surface area contributed by atoms with E-state index < -0.39 is 30.3 Å². The molecule has 2 atom stereocenters. The average molecular weight is 850 g/mol. The van der Waals surface area contributed by atoms with Crippen molar-refractivity contribution in [1.82, 2.24) is 0 Å². The summed E-state index contributed by atoms with van der Waals surface area (Å²) in [4.78, 5) is 37.0. The van der Waals surface area contributed by atoms with Crippen LogP contribution in [-0.2, 0) is 33.3 Å². The van der Waals surface area contributed by atoms with Gasteiger partial charge in [0.25, 0.3) is 0 Å². The number of rotatable bonds is 40. The number of carbonyl (C=O) groups excluding carboxylic acids is 3. The number of esters is 2. The summed E-state index contributed by atoms with van der Waals surface area (Å²) in [6.07, 6.45) is 54.4. The van der Waals surface area contributed by atoms with E-state index in [4.69, 9.17) is 18.9 Å². The summed E-state index contributed by atoms with van der Waals surface area (Å²) in [6, 6.07) is 0. The molecule has 0 aliphatic rings. The number of unbranched alkanes of at least 4 members (excludes halogenated alkanes) is 8. The van der Waals surface area contributed by atoms with Gasteiger partial charge in [0.05, 0.1) is 46.7 Å². The van der Waals surface area contributed by atoms with Crippen LogP contribution in [0, 0.1) is 0 Å². The lowest BCUT2D eigenvalue weighted by atomic mass is 10.1. The average Bonchev–Trinajstić information content (AvgIpc) is 3.22. The van der Waals surface area contributed by atoms with Crippen LogP contribution in [-0.4, -0.2) is 82.3 Å². The third-order valence-electron chi connectivity index (χ3n) is 9.05. The molecule has 0 N–H and O–H groups in total. The molecule has 9 nitrogen and oxygen atoms in total. The Balaban J connectivity index is 4.53. The summed E-state index contributed by atoms with van der Waals surface area (Å²) in [6.45, 7) is 4.36. The van der Waals surface area contributed by atoms with Crippen LogP contribution in [0.15, 0.2) is 109 Å². The molecular weight excluding hydrogens is 767 g/mol. The summed E-state index contributed by atoms with van der Waals surface area (Å²) in [5.74, 6) is -2.48. The molecule has 0 bridgehead atoms. The maximum atomic E-state index is 12.7. The molecule has 0 aliphatic carbocycles. The SMILES string of the molecule is CC/C=C\C/C=C\C/C=C\C/C=C\C/C=C\CC(=O)OC(COC(=O)CCCCCCCCCC/C=C\C/C=C\C/C=C\C/C=C\CC)COC(OCC[N+](C)(C)C)C(=O)[O-]. The molecule has 0 aromatic carbocycles. The first kappa shape index (κ1) is 57.0. The van der Waals surface area contributed by atoms with E-state index in [0.29, 0.717) is 23.9 Å². The Labute approximate surface area is 371 Å². The number of likely N-dealkylation sites (N-methyl/N-ethyl adjacent to an activating group) is 1. The minimum absolute atomic E-state index is 0.00711. The van der Waals surface area contributed by atoms with Crippen LogP contribution in [0.3, 0.4) is 0 Å². The van der Waals surface area contributed by atoms with Gasteiger partial charge in [-0.1, -0.05) is 162 Å². The van der Waals surface area contributed by atoms with Crippen molar-refractivity contribution in [3.63, 3.8) is 0 Å². The molecule has 0 spiro atoms. The van der Waals surface area contributed by atoms with Crippen molar-refractivity contribution in [2.75, 3.05) is 47.5 Å². The van der Waals surface area contributed by atoms with E-state index in [-0.39, 0.29) is 32.7 Å². The molecule has 9 heteroatoms. The van der Waals surface area contributed by atoms with E-state index in [0.717, 1.165) is 77.0 Å². The van der Waals surface area contributed by atoms with Gasteiger partial charge in [0.1, 0.15) is 13.2 Å². The van der Waals surface area contributed by atoms with Gasteiger partial charge in [0, 0.05) is 6.42 Å².